The molecule has 1 rings (SSSR count). The fourth-order valence-corrected chi connectivity index (χ4v) is 1.98. The lowest BCUT2D eigenvalue weighted by Crippen LogP contribution is -2.29. The molecule has 1 aromatic heterocycles. The van der Waals surface area contributed by atoms with E-state index in [0.29, 0.717) is 18.7 Å². The van der Waals surface area contributed by atoms with E-state index in [2.05, 4.69) is 5.32 Å². The second-order valence-corrected chi connectivity index (χ2v) is 4.34. The van der Waals surface area contributed by atoms with Crippen molar-refractivity contribution in [3.8, 4) is 0 Å². The van der Waals surface area contributed by atoms with E-state index in [1.54, 1.807) is 18.6 Å². The third-order valence-corrected chi connectivity index (χ3v) is 2.88. The third-order valence-electron chi connectivity index (χ3n) is 1.94. The fraction of sp³-hybridized carbons (Fsp3) is 0.500. The van der Waals surface area contributed by atoms with Gasteiger partial charge in [0.15, 0.2) is 0 Å². The summed E-state index contributed by atoms with van der Waals surface area (Å²) in [6, 6.07) is 1.96. The molecule has 1 unspecified atom stereocenters. The molecule has 0 aliphatic rings. The first-order valence-electron chi connectivity index (χ1n) is 4.66. The van der Waals surface area contributed by atoms with E-state index in [9.17, 15) is 4.79 Å². The average molecular weight is 229 g/mol. The molecule has 2 N–H and O–H groups in total. The summed E-state index contributed by atoms with van der Waals surface area (Å²) in [6.07, 6.45) is 0. The number of ether oxygens (including phenoxy) is 1. The summed E-state index contributed by atoms with van der Waals surface area (Å²) in [5, 5.41) is 13.6. The summed E-state index contributed by atoms with van der Waals surface area (Å²) in [6.45, 7) is 3.36. The molecule has 0 aliphatic heterocycles. The number of hydrogen-bond donors (Lipinski definition) is 2. The van der Waals surface area contributed by atoms with Crippen molar-refractivity contribution in [1.82, 2.24) is 5.32 Å². The first-order valence-corrected chi connectivity index (χ1v) is 5.54. The lowest BCUT2D eigenvalue weighted by atomic mass is 10.3. The number of hydrogen-bond acceptors (Lipinski definition) is 4. The standard InChI is InChI=1S/C10H15NO3S/c1-7(5-14-2)11-4-9-3-8(6-15-9)10(12)13/h3,6-7,11H,4-5H2,1-2H3,(H,12,13). The molecule has 5 heteroatoms. The van der Waals surface area contributed by atoms with Crippen LogP contribution in [-0.2, 0) is 11.3 Å². The normalized spacial score (nSPS) is 12.7. The summed E-state index contributed by atoms with van der Waals surface area (Å²) in [5.41, 5.74) is 0.358. The van der Waals surface area contributed by atoms with Gasteiger partial charge in [0.25, 0.3) is 0 Å². The first-order chi connectivity index (χ1) is 7.13. The van der Waals surface area contributed by atoms with Crippen LogP contribution in [0.5, 0.6) is 0 Å². The third kappa shape index (κ3) is 3.99. The Morgan fingerprint density at radius 1 is 1.73 bits per heavy atom. The lowest BCUT2D eigenvalue weighted by Gasteiger charge is -2.11. The van der Waals surface area contributed by atoms with E-state index in [-0.39, 0.29) is 6.04 Å². The van der Waals surface area contributed by atoms with Gasteiger partial charge in [0.05, 0.1) is 12.2 Å². The van der Waals surface area contributed by atoms with Crippen molar-refractivity contribution < 1.29 is 14.6 Å². The molecule has 0 saturated carbocycles. The zero-order chi connectivity index (χ0) is 11.3. The molecular weight excluding hydrogens is 214 g/mol. The molecule has 1 heterocycles. The highest BCUT2D eigenvalue weighted by atomic mass is 32.1. The van der Waals surface area contributed by atoms with Crippen LogP contribution < -0.4 is 5.32 Å². The van der Waals surface area contributed by atoms with Crippen molar-refractivity contribution in [2.24, 2.45) is 0 Å². The summed E-state index contributed by atoms with van der Waals surface area (Å²) < 4.78 is 4.98. The highest BCUT2D eigenvalue weighted by molar-refractivity contribution is 7.10. The Morgan fingerprint density at radius 2 is 2.47 bits per heavy atom. The van der Waals surface area contributed by atoms with Gasteiger partial charge in [-0.3, -0.25) is 0 Å². The van der Waals surface area contributed by atoms with Gasteiger partial charge >= 0.3 is 5.97 Å². The Kier molecular flexibility index (Phi) is 4.74. The summed E-state index contributed by atoms with van der Waals surface area (Å²) >= 11 is 1.45. The van der Waals surface area contributed by atoms with Crippen LogP contribution in [0.4, 0.5) is 0 Å². The molecular formula is C10H15NO3S. The van der Waals surface area contributed by atoms with Crippen LogP contribution in [0.1, 0.15) is 22.2 Å². The quantitative estimate of drug-likeness (QED) is 0.777. The van der Waals surface area contributed by atoms with E-state index in [4.69, 9.17) is 9.84 Å². The Balaban J connectivity index is 2.40. The van der Waals surface area contributed by atoms with Crippen LogP contribution in [0.2, 0.25) is 0 Å². The number of thiophene rings is 1. The van der Waals surface area contributed by atoms with E-state index in [1.165, 1.54) is 11.3 Å². The van der Waals surface area contributed by atoms with Crippen LogP contribution in [0, 0.1) is 0 Å². The van der Waals surface area contributed by atoms with Crippen molar-refractivity contribution in [3.63, 3.8) is 0 Å². The Labute approximate surface area is 92.9 Å². The van der Waals surface area contributed by atoms with Crippen LogP contribution >= 0.6 is 11.3 Å². The Morgan fingerprint density at radius 3 is 3.00 bits per heavy atom. The number of carbonyl (C=O) groups is 1. The highest BCUT2D eigenvalue weighted by Gasteiger charge is 2.07. The molecule has 0 aromatic carbocycles. The molecule has 0 aliphatic carbocycles. The fourth-order valence-electron chi connectivity index (χ4n) is 1.17. The first kappa shape index (κ1) is 12.2. The van der Waals surface area contributed by atoms with E-state index in [1.807, 2.05) is 6.92 Å². The summed E-state index contributed by atoms with van der Waals surface area (Å²) in [5.74, 6) is -0.873. The topological polar surface area (TPSA) is 58.6 Å². The van der Waals surface area contributed by atoms with Crippen LogP contribution in [0.15, 0.2) is 11.4 Å². The van der Waals surface area contributed by atoms with Gasteiger partial charge in [-0.05, 0) is 13.0 Å². The number of carboxylic acids is 1. The molecule has 84 valence electrons. The molecule has 0 amide bonds. The van der Waals surface area contributed by atoms with Crippen molar-refractivity contribution >= 4 is 17.3 Å². The summed E-state index contributed by atoms with van der Waals surface area (Å²) in [4.78, 5) is 11.6. The minimum absolute atomic E-state index is 0.269. The van der Waals surface area contributed by atoms with Crippen LogP contribution in [-0.4, -0.2) is 30.8 Å². The molecule has 0 radical (unpaired) electrons. The van der Waals surface area contributed by atoms with Crippen molar-refractivity contribution in [3.05, 3.63) is 21.9 Å². The minimum atomic E-state index is -0.873. The Hall–Kier alpha value is -0.910. The van der Waals surface area contributed by atoms with E-state index < -0.39 is 5.97 Å². The molecule has 0 saturated heterocycles. The maximum Gasteiger partial charge on any atom is 0.336 e. The van der Waals surface area contributed by atoms with Gasteiger partial charge < -0.3 is 15.2 Å². The van der Waals surface area contributed by atoms with Gasteiger partial charge in [-0.25, -0.2) is 4.79 Å². The summed E-state index contributed by atoms with van der Waals surface area (Å²) in [7, 11) is 1.66. The van der Waals surface area contributed by atoms with Gasteiger partial charge in [0.2, 0.25) is 0 Å². The van der Waals surface area contributed by atoms with Gasteiger partial charge in [-0.2, -0.15) is 0 Å². The minimum Gasteiger partial charge on any atom is -0.478 e. The van der Waals surface area contributed by atoms with Crippen LogP contribution in [0.25, 0.3) is 0 Å². The zero-order valence-corrected chi connectivity index (χ0v) is 9.63. The lowest BCUT2D eigenvalue weighted by molar-refractivity contribution is 0.0697. The largest absolute Gasteiger partial charge is 0.478 e. The van der Waals surface area contributed by atoms with Crippen molar-refractivity contribution in [2.45, 2.75) is 19.5 Å². The van der Waals surface area contributed by atoms with Gasteiger partial charge in [0.1, 0.15) is 0 Å². The molecule has 4 nitrogen and oxygen atoms in total. The second kappa shape index (κ2) is 5.85. The molecule has 0 bridgehead atoms. The van der Waals surface area contributed by atoms with Crippen molar-refractivity contribution in [2.75, 3.05) is 13.7 Å². The number of carboxylic acid groups (broad SMARTS) is 1. The molecule has 1 atom stereocenters. The number of nitrogens with one attached hydrogen (secondary N) is 1. The maximum absolute atomic E-state index is 10.6. The average Bonchev–Trinajstić information content (AvgIpc) is 2.63. The number of rotatable bonds is 6. The molecule has 0 fully saturated rings. The number of aromatic carboxylic acids is 1. The molecule has 0 spiro atoms. The smallest absolute Gasteiger partial charge is 0.336 e. The van der Waals surface area contributed by atoms with E-state index in [0.717, 1.165) is 4.88 Å². The van der Waals surface area contributed by atoms with Gasteiger partial charge in [0, 0.05) is 30.0 Å². The molecule has 1 aromatic rings. The second-order valence-electron chi connectivity index (χ2n) is 3.34. The van der Waals surface area contributed by atoms with Crippen LogP contribution in [0.3, 0.4) is 0 Å². The SMILES string of the molecule is COCC(C)NCc1cc(C(=O)O)cs1. The Bertz CT molecular complexity index is 324. The highest BCUT2D eigenvalue weighted by Crippen LogP contribution is 2.14. The molecule has 15 heavy (non-hydrogen) atoms. The monoisotopic (exact) mass is 229 g/mol. The van der Waals surface area contributed by atoms with Gasteiger partial charge in [-0.1, -0.05) is 0 Å². The zero-order valence-electron chi connectivity index (χ0n) is 8.82. The van der Waals surface area contributed by atoms with Crippen molar-refractivity contribution in [1.29, 1.82) is 0 Å². The predicted molar refractivity (Wildman–Crippen MR) is 59.5 cm³/mol. The maximum atomic E-state index is 10.6. The number of methoxy groups -OCH3 is 1. The van der Waals surface area contributed by atoms with Gasteiger partial charge in [-0.15, -0.1) is 11.3 Å². The predicted octanol–water partition coefficient (Wildman–Crippen LogP) is 1.57. The van der Waals surface area contributed by atoms with E-state index >= 15 is 0 Å².